The van der Waals surface area contributed by atoms with E-state index in [1.54, 1.807) is 0 Å². The van der Waals surface area contributed by atoms with E-state index in [-0.39, 0.29) is 11.5 Å². The molecule has 110 valence electrons. The summed E-state index contributed by atoms with van der Waals surface area (Å²) in [6.07, 6.45) is 2.17. The van der Waals surface area contributed by atoms with E-state index >= 15 is 0 Å². The van der Waals surface area contributed by atoms with Crippen LogP contribution in [0.15, 0.2) is 0 Å². The van der Waals surface area contributed by atoms with Crippen molar-refractivity contribution in [2.24, 2.45) is 5.92 Å². The first kappa shape index (κ1) is 14.8. The number of carbonyl (C=O) groups excluding carboxylic acids is 1. The van der Waals surface area contributed by atoms with Crippen molar-refractivity contribution in [2.75, 3.05) is 32.7 Å². The van der Waals surface area contributed by atoms with Crippen molar-refractivity contribution >= 4 is 5.91 Å². The Morgan fingerprint density at radius 1 is 1.11 bits per heavy atom. The second-order valence-electron chi connectivity index (χ2n) is 7.07. The van der Waals surface area contributed by atoms with Crippen LogP contribution < -0.4 is 5.32 Å². The minimum Gasteiger partial charge on any atom is -0.340 e. The van der Waals surface area contributed by atoms with Gasteiger partial charge in [0.05, 0.1) is 5.92 Å². The highest BCUT2D eigenvalue weighted by Crippen LogP contribution is 2.20. The Labute approximate surface area is 117 Å². The maximum Gasteiger partial charge on any atom is 0.227 e. The summed E-state index contributed by atoms with van der Waals surface area (Å²) in [5.74, 6) is 0.574. The number of piperazine rings is 1. The molecule has 2 saturated heterocycles. The predicted molar refractivity (Wildman–Crippen MR) is 78.1 cm³/mol. The Morgan fingerprint density at radius 3 is 2.21 bits per heavy atom. The van der Waals surface area contributed by atoms with Gasteiger partial charge >= 0.3 is 0 Å². The molecule has 2 aliphatic heterocycles. The third kappa shape index (κ3) is 3.69. The van der Waals surface area contributed by atoms with Gasteiger partial charge in [0.1, 0.15) is 0 Å². The summed E-state index contributed by atoms with van der Waals surface area (Å²) in [5, 5.41) is 3.43. The summed E-state index contributed by atoms with van der Waals surface area (Å²) in [4.78, 5) is 17.0. The molecule has 0 spiro atoms. The number of nitrogens with one attached hydrogen (secondary N) is 1. The molecule has 1 N–H and O–H groups in total. The van der Waals surface area contributed by atoms with Gasteiger partial charge in [-0.3, -0.25) is 9.69 Å². The molecule has 2 rings (SSSR count). The number of carbonyl (C=O) groups is 1. The van der Waals surface area contributed by atoms with Gasteiger partial charge < -0.3 is 10.2 Å². The monoisotopic (exact) mass is 267 g/mol. The molecule has 1 amide bonds. The summed E-state index contributed by atoms with van der Waals surface area (Å²) < 4.78 is 0. The first-order valence-electron chi connectivity index (χ1n) is 7.65. The van der Waals surface area contributed by atoms with Crippen molar-refractivity contribution < 1.29 is 4.79 Å². The zero-order valence-electron chi connectivity index (χ0n) is 12.9. The van der Waals surface area contributed by atoms with Gasteiger partial charge in [-0.05, 0) is 40.5 Å². The Kier molecular flexibility index (Phi) is 4.51. The van der Waals surface area contributed by atoms with Gasteiger partial charge in [0.15, 0.2) is 0 Å². The van der Waals surface area contributed by atoms with Gasteiger partial charge in [-0.25, -0.2) is 0 Å². The van der Waals surface area contributed by atoms with Crippen molar-refractivity contribution in [2.45, 2.75) is 52.1 Å². The molecule has 2 atom stereocenters. The molecule has 0 saturated carbocycles. The molecule has 19 heavy (non-hydrogen) atoms. The lowest BCUT2D eigenvalue weighted by Crippen LogP contribution is -2.56. The lowest BCUT2D eigenvalue weighted by molar-refractivity contribution is -0.138. The number of piperidine rings is 1. The third-order valence-corrected chi connectivity index (χ3v) is 4.55. The van der Waals surface area contributed by atoms with E-state index in [9.17, 15) is 4.79 Å². The van der Waals surface area contributed by atoms with Crippen LogP contribution in [0.3, 0.4) is 0 Å². The molecule has 0 aromatic carbocycles. The van der Waals surface area contributed by atoms with Crippen LogP contribution in [0.4, 0.5) is 0 Å². The van der Waals surface area contributed by atoms with Crippen molar-refractivity contribution in [3.8, 4) is 0 Å². The largest absolute Gasteiger partial charge is 0.340 e. The van der Waals surface area contributed by atoms with Gasteiger partial charge in [-0.2, -0.15) is 0 Å². The van der Waals surface area contributed by atoms with Crippen molar-refractivity contribution in [1.82, 2.24) is 15.1 Å². The van der Waals surface area contributed by atoms with Crippen LogP contribution in [0.25, 0.3) is 0 Å². The van der Waals surface area contributed by atoms with Crippen LogP contribution >= 0.6 is 0 Å². The number of nitrogens with zero attached hydrogens (tertiary/aromatic N) is 2. The van der Waals surface area contributed by atoms with E-state index in [2.05, 4.69) is 42.8 Å². The molecule has 2 unspecified atom stereocenters. The van der Waals surface area contributed by atoms with Gasteiger partial charge in [0.25, 0.3) is 0 Å². The first-order valence-corrected chi connectivity index (χ1v) is 7.65. The maximum atomic E-state index is 12.5. The highest BCUT2D eigenvalue weighted by atomic mass is 16.2. The summed E-state index contributed by atoms with van der Waals surface area (Å²) in [7, 11) is 0. The minimum atomic E-state index is 0.206. The van der Waals surface area contributed by atoms with Gasteiger partial charge in [-0.15, -0.1) is 0 Å². The summed E-state index contributed by atoms with van der Waals surface area (Å²) in [6.45, 7) is 13.6. The van der Waals surface area contributed by atoms with Crippen molar-refractivity contribution in [3.63, 3.8) is 0 Å². The average Bonchev–Trinajstić information content (AvgIpc) is 2.38. The molecule has 2 heterocycles. The predicted octanol–water partition coefficient (Wildman–Crippen LogP) is 1.32. The van der Waals surface area contributed by atoms with Crippen LogP contribution in [0.5, 0.6) is 0 Å². The molecule has 2 fully saturated rings. The van der Waals surface area contributed by atoms with Gasteiger partial charge in [-0.1, -0.05) is 0 Å². The molecular weight excluding hydrogens is 238 g/mol. The molecule has 0 bridgehead atoms. The molecule has 4 nitrogen and oxygen atoms in total. The fourth-order valence-corrected chi connectivity index (χ4v) is 3.07. The molecule has 0 aliphatic carbocycles. The number of hydrogen-bond donors (Lipinski definition) is 1. The average molecular weight is 267 g/mol. The minimum absolute atomic E-state index is 0.206. The van der Waals surface area contributed by atoms with E-state index in [4.69, 9.17) is 0 Å². The Bertz CT molecular complexity index is 308. The van der Waals surface area contributed by atoms with Crippen LogP contribution in [0, 0.1) is 5.92 Å². The van der Waals surface area contributed by atoms with Crippen molar-refractivity contribution in [3.05, 3.63) is 0 Å². The number of amides is 1. The standard InChI is InChI=1S/C15H29N3O/c1-12-5-6-13(11-16-12)14(19)17-7-9-18(10-8-17)15(2,3)4/h12-13,16H,5-11H2,1-4H3. The van der Waals surface area contributed by atoms with Crippen LogP contribution in [-0.2, 0) is 4.79 Å². The maximum absolute atomic E-state index is 12.5. The highest BCUT2D eigenvalue weighted by molar-refractivity contribution is 5.79. The summed E-state index contributed by atoms with van der Waals surface area (Å²) in [6, 6.07) is 0.571. The molecule has 0 radical (unpaired) electrons. The van der Waals surface area contributed by atoms with E-state index in [0.717, 1.165) is 45.6 Å². The topological polar surface area (TPSA) is 35.6 Å². The van der Waals surface area contributed by atoms with E-state index in [0.29, 0.717) is 11.9 Å². The zero-order chi connectivity index (χ0) is 14.0. The normalized spacial score (nSPS) is 30.4. The highest BCUT2D eigenvalue weighted by Gasteiger charge is 2.32. The first-order chi connectivity index (χ1) is 8.88. The van der Waals surface area contributed by atoms with Gasteiger partial charge in [0.2, 0.25) is 5.91 Å². The molecule has 4 heteroatoms. The van der Waals surface area contributed by atoms with Crippen LogP contribution in [0.2, 0.25) is 0 Å². The third-order valence-electron chi connectivity index (χ3n) is 4.55. The van der Waals surface area contributed by atoms with Crippen molar-refractivity contribution in [1.29, 1.82) is 0 Å². The number of hydrogen-bond acceptors (Lipinski definition) is 3. The van der Waals surface area contributed by atoms with Crippen LogP contribution in [0.1, 0.15) is 40.5 Å². The smallest absolute Gasteiger partial charge is 0.227 e. The summed E-state index contributed by atoms with van der Waals surface area (Å²) >= 11 is 0. The van der Waals surface area contributed by atoms with Gasteiger partial charge in [0, 0.05) is 44.3 Å². The Morgan fingerprint density at radius 2 is 1.74 bits per heavy atom. The Hall–Kier alpha value is -0.610. The molecule has 0 aromatic heterocycles. The van der Waals surface area contributed by atoms with E-state index in [1.165, 1.54) is 0 Å². The van der Waals surface area contributed by atoms with Crippen LogP contribution in [-0.4, -0.2) is 60.0 Å². The van der Waals surface area contributed by atoms with E-state index < -0.39 is 0 Å². The second kappa shape index (κ2) is 5.80. The lowest BCUT2D eigenvalue weighted by atomic mass is 9.94. The quantitative estimate of drug-likeness (QED) is 0.778. The number of rotatable bonds is 1. The molecule has 0 aromatic rings. The summed E-state index contributed by atoms with van der Waals surface area (Å²) in [5.41, 5.74) is 0.219. The Balaban J connectivity index is 1.82. The molecule has 2 aliphatic rings. The SMILES string of the molecule is CC1CCC(C(=O)N2CCN(C(C)(C)C)CC2)CN1. The molecular formula is C15H29N3O. The fraction of sp³-hybridized carbons (Fsp3) is 0.933. The lowest BCUT2D eigenvalue weighted by Gasteiger charge is -2.43. The fourth-order valence-electron chi connectivity index (χ4n) is 3.07. The zero-order valence-corrected chi connectivity index (χ0v) is 12.9. The second-order valence-corrected chi connectivity index (χ2v) is 7.07. The van der Waals surface area contributed by atoms with E-state index in [1.807, 2.05) is 0 Å².